The summed E-state index contributed by atoms with van der Waals surface area (Å²) < 4.78 is 0. The van der Waals surface area contributed by atoms with Gasteiger partial charge in [-0.3, -0.25) is 4.79 Å². The van der Waals surface area contributed by atoms with Crippen molar-refractivity contribution in [2.24, 2.45) is 0 Å². The molecule has 14 nitrogen and oxygen atoms in total. The van der Waals surface area contributed by atoms with Gasteiger partial charge in [0.2, 0.25) is 0 Å². The molecule has 1 aliphatic rings. The maximum Gasteiger partial charge on any atom is 0.150 e. The van der Waals surface area contributed by atoms with E-state index in [4.69, 9.17) is 24.9 Å². The van der Waals surface area contributed by atoms with Gasteiger partial charge in [-0.2, -0.15) is 0 Å². The minimum Gasteiger partial charge on any atom is -0.507 e. The van der Waals surface area contributed by atoms with Crippen LogP contribution >= 0.6 is 0 Å². The molecule has 12 bridgehead atoms. The molecule has 0 fully saturated rings. The number of nitrogens with zero attached hydrogens (tertiary/aromatic N) is 5. The summed E-state index contributed by atoms with van der Waals surface area (Å²) in [5.41, 5.74) is 19.3. The number of hydrogen-bond donors (Lipinski definition) is 7. The van der Waals surface area contributed by atoms with Gasteiger partial charge < -0.3 is 40.2 Å². The summed E-state index contributed by atoms with van der Waals surface area (Å²) >= 11 is 0. The monoisotopic (exact) mass is 1460 g/mol. The minimum atomic E-state index is -0.217. The zero-order valence-electron chi connectivity index (χ0n) is 64.8. The normalized spacial score (nSPS) is 12.0. The molecule has 16 aromatic rings. The highest BCUT2D eigenvalue weighted by Crippen LogP contribution is 2.46. The molecule has 1 aliphatic heterocycles. The van der Waals surface area contributed by atoms with E-state index in [0.717, 1.165) is 134 Å². The Hall–Kier alpha value is -13.1. The fraction of sp³-hybridized carbons (Fsp3) is 0.186. The summed E-state index contributed by atoms with van der Waals surface area (Å²) in [6.07, 6.45) is 10.1. The average Bonchev–Trinajstić information content (AvgIpc) is 1.57. The van der Waals surface area contributed by atoms with Crippen LogP contribution in [0.4, 0.5) is 0 Å². The number of carbonyl (C=O) groups is 2. The SMILES string of the molecule is CC(C)(C)c1cc(-c2ccc3ccc4ccc(-c5cc(C(C)(C)C)cc(-c6ccc[nH]6)c5O)nc4c3n2)c(O)c(-c2ccc[nH]2)c1.CC(C)(C)c1cc2c3nc(c(-c4ccccc4)c4ccc([nH]4)c4cc(C(C)(C)C)cc(c4O)c4ccc5ccc6ccc(nc6c5n4)c(c1)c2O)C=C3.CCC=O.O=Cc1ccccc1. The summed E-state index contributed by atoms with van der Waals surface area (Å²) in [4.78, 5) is 55.3. The second-order valence-corrected chi connectivity index (χ2v) is 32.4. The number of aromatic amines is 3. The second-order valence-electron chi connectivity index (χ2n) is 32.4. The number of nitrogens with one attached hydrogen (secondary N) is 3. The van der Waals surface area contributed by atoms with Crippen LogP contribution in [0.25, 0.3) is 156 Å². The van der Waals surface area contributed by atoms with Crippen LogP contribution in [0.5, 0.6) is 23.0 Å². The summed E-state index contributed by atoms with van der Waals surface area (Å²) in [6, 6.07) is 71.7. The van der Waals surface area contributed by atoms with Crippen molar-refractivity contribution in [1.82, 2.24) is 39.9 Å². The number of fused-ring (bicyclic) bond motifs is 17. The van der Waals surface area contributed by atoms with Crippen LogP contribution in [0.2, 0.25) is 0 Å². The third-order valence-corrected chi connectivity index (χ3v) is 20.4. The number of aldehydes is 2. The highest BCUT2D eigenvalue weighted by molar-refractivity contribution is 6.09. The quantitative estimate of drug-likeness (QED) is 0.0587. The number of H-pyrrole nitrogens is 3. The summed E-state index contributed by atoms with van der Waals surface area (Å²) in [5, 5.41) is 53.8. The summed E-state index contributed by atoms with van der Waals surface area (Å²) in [5.74, 6) is 0.630. The molecule has 8 aromatic carbocycles. The largest absolute Gasteiger partial charge is 0.507 e. The number of hydrogen-bond acceptors (Lipinski definition) is 11. The van der Waals surface area contributed by atoms with E-state index in [9.17, 15) is 30.0 Å². The molecule has 0 saturated carbocycles. The molecular formula is C97H90N8O6. The Morgan fingerprint density at radius 2 is 0.739 bits per heavy atom. The number of phenolic OH excluding ortho intramolecular Hbond substituents is 4. The van der Waals surface area contributed by atoms with Crippen LogP contribution in [-0.2, 0) is 26.5 Å². The van der Waals surface area contributed by atoms with Crippen LogP contribution in [0.3, 0.4) is 0 Å². The first kappa shape index (κ1) is 74.8. The van der Waals surface area contributed by atoms with E-state index in [1.807, 2.05) is 183 Å². The van der Waals surface area contributed by atoms with Crippen LogP contribution < -0.4 is 0 Å². The predicted octanol–water partition coefficient (Wildman–Crippen LogP) is 24.2. The Bertz CT molecular complexity index is 6270. The fourth-order valence-corrected chi connectivity index (χ4v) is 13.9. The van der Waals surface area contributed by atoms with Gasteiger partial charge in [0.05, 0.1) is 55.9 Å². The lowest BCUT2D eigenvalue weighted by Gasteiger charge is -2.22. The zero-order chi connectivity index (χ0) is 78.4. The van der Waals surface area contributed by atoms with Crippen molar-refractivity contribution in [2.45, 2.75) is 118 Å². The number of carbonyl (C=O) groups excluding carboxylic acids is 2. The summed E-state index contributed by atoms with van der Waals surface area (Å²) in [7, 11) is 0. The molecule has 111 heavy (non-hydrogen) atoms. The maximum atomic E-state index is 12.1. The molecule has 0 atom stereocenters. The molecule has 17 rings (SSSR count). The van der Waals surface area contributed by atoms with E-state index in [-0.39, 0.29) is 44.7 Å². The van der Waals surface area contributed by atoms with Crippen molar-refractivity contribution in [1.29, 1.82) is 0 Å². The lowest BCUT2D eigenvalue weighted by Crippen LogP contribution is -2.11. The highest BCUT2D eigenvalue weighted by Gasteiger charge is 2.27. The smallest absolute Gasteiger partial charge is 0.150 e. The Morgan fingerprint density at radius 1 is 0.360 bits per heavy atom. The van der Waals surface area contributed by atoms with Gasteiger partial charge in [-0.1, -0.05) is 199 Å². The van der Waals surface area contributed by atoms with Crippen molar-refractivity contribution >= 4 is 112 Å². The van der Waals surface area contributed by atoms with Gasteiger partial charge in [0.1, 0.15) is 35.6 Å². The Morgan fingerprint density at radius 3 is 1.16 bits per heavy atom. The number of aromatic hydroxyl groups is 4. The standard InChI is InChI=1S/C47H40N4O2.C40H38N4O2.C7H6O.C3H6O/c1-46(2,3)29-22-31-35-18-20-39(48-35)41(26-10-8-7-9-11-26)40-21-19-36(49-40)32-23-30(47(4,5)6)25-34(45(32)53)38-17-15-28-13-12-27-14-16-37(33(24-29)44(31)52)50-42(27)43(28)51-38;1-39(2,3)25-19-27(31-9-7-17-41-31)37(45)29(21-25)33-15-13-23-11-12-24-14-16-34(44-36(24)35(23)43-33)30-22-26(40(4,5)6)20-28(38(30)46)32-10-8-18-42-32;8-6-7-4-2-1-3-5-7;1-2-3-4/h7-25,48,52-53H,1-6H3;7-22,41-42,45-46H,1-6H3;1-6H;3H,2H2,1H3. The van der Waals surface area contributed by atoms with E-state index >= 15 is 0 Å². The van der Waals surface area contributed by atoms with Crippen molar-refractivity contribution < 1.29 is 30.0 Å². The lowest BCUT2D eigenvalue weighted by atomic mass is 9.83. The minimum absolute atomic E-state index is 0.125. The lowest BCUT2D eigenvalue weighted by molar-refractivity contribution is -0.107. The van der Waals surface area contributed by atoms with E-state index in [1.54, 1.807) is 12.1 Å². The van der Waals surface area contributed by atoms with Gasteiger partial charge >= 0.3 is 0 Å². The Kier molecular flexibility index (Phi) is 20.1. The first-order valence-corrected chi connectivity index (χ1v) is 37.5. The van der Waals surface area contributed by atoms with Gasteiger partial charge in [-0.25, -0.2) is 24.9 Å². The van der Waals surface area contributed by atoms with Crippen LogP contribution in [-0.4, -0.2) is 72.9 Å². The first-order chi connectivity index (χ1) is 53.1. The molecule has 7 N–H and O–H groups in total. The third kappa shape index (κ3) is 15.2. The zero-order valence-corrected chi connectivity index (χ0v) is 64.8. The van der Waals surface area contributed by atoms with Gasteiger partial charge in [0.25, 0.3) is 0 Å². The first-order valence-electron chi connectivity index (χ1n) is 37.5. The van der Waals surface area contributed by atoms with Crippen molar-refractivity contribution in [3.63, 3.8) is 0 Å². The van der Waals surface area contributed by atoms with Gasteiger partial charge in [0, 0.05) is 118 Å². The van der Waals surface area contributed by atoms with Crippen molar-refractivity contribution in [2.75, 3.05) is 0 Å². The fourth-order valence-electron chi connectivity index (χ4n) is 13.9. The van der Waals surface area contributed by atoms with Crippen molar-refractivity contribution in [3.05, 3.63) is 270 Å². The molecule has 9 heterocycles. The maximum absolute atomic E-state index is 12.1. The van der Waals surface area contributed by atoms with E-state index in [0.29, 0.717) is 67.2 Å². The average molecular weight is 1460 g/mol. The number of phenols is 4. The second kappa shape index (κ2) is 29.8. The third-order valence-electron chi connectivity index (χ3n) is 20.4. The number of benzene rings is 8. The van der Waals surface area contributed by atoms with Crippen molar-refractivity contribution in [3.8, 4) is 79.2 Å². The molecule has 554 valence electrons. The van der Waals surface area contributed by atoms with E-state index in [2.05, 4.69) is 153 Å². The molecule has 0 spiro atoms. The molecule has 0 aliphatic carbocycles. The molecule has 0 unspecified atom stereocenters. The van der Waals surface area contributed by atoms with Gasteiger partial charge in [-0.15, -0.1) is 0 Å². The van der Waals surface area contributed by atoms with Gasteiger partial charge in [-0.05, 0) is 171 Å². The predicted molar refractivity (Wildman–Crippen MR) is 457 cm³/mol. The highest BCUT2D eigenvalue weighted by atomic mass is 16.3. The molecule has 0 amide bonds. The van der Waals surface area contributed by atoms with Crippen LogP contribution in [0.1, 0.15) is 140 Å². The Balaban J connectivity index is 0.000000162. The molecular weight excluding hydrogens is 1370 g/mol. The van der Waals surface area contributed by atoms with Gasteiger partial charge in [0.15, 0.2) is 0 Å². The molecule has 0 saturated heterocycles. The Labute approximate surface area is 645 Å². The topological polar surface area (TPSA) is 227 Å². The van der Waals surface area contributed by atoms with E-state index in [1.165, 1.54) is 0 Å². The molecule has 8 aromatic heterocycles. The van der Waals surface area contributed by atoms with Crippen LogP contribution in [0, 0.1) is 0 Å². The number of rotatable bonds is 7. The van der Waals surface area contributed by atoms with Crippen LogP contribution in [0.15, 0.2) is 231 Å². The number of aromatic nitrogens is 8. The van der Waals surface area contributed by atoms with E-state index < -0.39 is 0 Å². The summed E-state index contributed by atoms with van der Waals surface area (Å²) in [6.45, 7) is 27.9. The molecule has 14 heteroatoms. The number of pyridine rings is 4. The molecule has 0 radical (unpaired) electrons.